The van der Waals surface area contributed by atoms with Crippen LogP contribution in [-0.4, -0.2) is 34.1 Å². The minimum absolute atomic E-state index is 0.117. The van der Waals surface area contributed by atoms with E-state index < -0.39 is 0 Å². The van der Waals surface area contributed by atoms with E-state index in [1.165, 1.54) is 11.8 Å². The van der Waals surface area contributed by atoms with Gasteiger partial charge in [0.25, 0.3) is 5.12 Å². The van der Waals surface area contributed by atoms with E-state index in [-0.39, 0.29) is 22.1 Å². The molecule has 0 aromatic heterocycles. The molecule has 2 aliphatic rings. The summed E-state index contributed by atoms with van der Waals surface area (Å²) in [5.41, 5.74) is 1.08. The van der Waals surface area contributed by atoms with Crippen LogP contribution in [0.15, 0.2) is 24.3 Å². The fourth-order valence-corrected chi connectivity index (χ4v) is 4.08. The molecule has 3 nitrogen and oxygen atoms in total. The molecule has 0 spiro atoms. The average molecular weight is 296 g/mol. The number of nitrogens with zero attached hydrogens (tertiary/aromatic N) is 1. The van der Waals surface area contributed by atoms with Crippen molar-refractivity contribution in [1.82, 2.24) is 4.90 Å². The molecule has 19 heavy (non-hydrogen) atoms. The zero-order valence-electron chi connectivity index (χ0n) is 10.3. The fourth-order valence-electron chi connectivity index (χ4n) is 2.75. The third-order valence-corrected chi connectivity index (χ3v) is 5.43. The lowest BCUT2D eigenvalue weighted by atomic mass is 9.94. The lowest BCUT2D eigenvalue weighted by molar-refractivity contribution is -0.134. The van der Waals surface area contributed by atoms with Gasteiger partial charge in [-0.15, -0.1) is 0 Å². The summed E-state index contributed by atoms with van der Waals surface area (Å²) in [4.78, 5) is 25.4. The summed E-state index contributed by atoms with van der Waals surface area (Å²) in [6.45, 7) is 2.34. The monoisotopic (exact) mass is 295 g/mol. The third kappa shape index (κ3) is 2.57. The highest BCUT2D eigenvalue weighted by Crippen LogP contribution is 2.37. The van der Waals surface area contributed by atoms with Crippen molar-refractivity contribution in [2.45, 2.75) is 18.2 Å². The quantitative estimate of drug-likeness (QED) is 0.785. The van der Waals surface area contributed by atoms with Crippen LogP contribution in [0.1, 0.15) is 12.0 Å². The largest absolute Gasteiger partial charge is 0.298 e. The molecule has 1 aromatic rings. The molecular weight excluding hydrogens is 282 g/mol. The fraction of sp³-hybridized carbons (Fsp3) is 0.429. The van der Waals surface area contributed by atoms with Crippen molar-refractivity contribution in [3.05, 3.63) is 34.9 Å². The molecule has 0 N–H and O–H groups in total. The number of ketones is 1. The predicted molar refractivity (Wildman–Crippen MR) is 76.2 cm³/mol. The van der Waals surface area contributed by atoms with E-state index in [1.807, 2.05) is 24.3 Å². The van der Waals surface area contributed by atoms with Gasteiger partial charge in [0.05, 0.1) is 5.92 Å². The number of halogens is 1. The number of thioether (sulfide) groups is 1. The van der Waals surface area contributed by atoms with Gasteiger partial charge in [0.2, 0.25) is 5.78 Å². The molecule has 3 rings (SSSR count). The number of carbonyl (C=O) groups is 2. The van der Waals surface area contributed by atoms with E-state index in [0.29, 0.717) is 6.54 Å². The lowest BCUT2D eigenvalue weighted by Gasteiger charge is -2.33. The average Bonchev–Trinajstić information content (AvgIpc) is 2.68. The Morgan fingerprint density at radius 3 is 2.89 bits per heavy atom. The number of rotatable bonds is 2. The summed E-state index contributed by atoms with van der Waals surface area (Å²) in [6.07, 6.45) is 0.900. The molecule has 0 saturated carbocycles. The summed E-state index contributed by atoms with van der Waals surface area (Å²) in [5.74, 6) is -0.312. The molecule has 0 aliphatic carbocycles. The summed E-state index contributed by atoms with van der Waals surface area (Å²) < 4.78 is 0. The maximum Gasteiger partial charge on any atom is 0.255 e. The Morgan fingerprint density at radius 2 is 2.11 bits per heavy atom. The van der Waals surface area contributed by atoms with Crippen molar-refractivity contribution in [3.8, 4) is 0 Å². The molecule has 2 aliphatic heterocycles. The number of likely N-dealkylation sites (tertiary alicyclic amines) is 1. The highest BCUT2D eigenvalue weighted by Gasteiger charge is 2.45. The van der Waals surface area contributed by atoms with Gasteiger partial charge in [0, 0.05) is 23.4 Å². The van der Waals surface area contributed by atoms with Gasteiger partial charge < -0.3 is 0 Å². The number of hydrogen-bond acceptors (Lipinski definition) is 4. The zero-order valence-corrected chi connectivity index (χ0v) is 11.9. The number of Topliss-reactive ketones (excluding diaryl/α,β-unsaturated/α-hetero) is 1. The Balaban J connectivity index is 1.70. The van der Waals surface area contributed by atoms with E-state index in [1.54, 1.807) is 0 Å². The summed E-state index contributed by atoms with van der Waals surface area (Å²) in [5, 5.41) is 0.699. The molecule has 0 radical (unpaired) electrons. The standard InChI is InChI=1S/C14H14ClNO2S/c15-11-4-2-1-3-9(11)7-16-6-5-12-10(8-16)13(17)14(18)19-12/h1-4,10,12H,5-8H2. The SMILES string of the molecule is O=C1SC2CCN(Cc3ccccc3Cl)CC2C1=O. The van der Waals surface area contributed by atoms with Crippen LogP contribution in [0.4, 0.5) is 0 Å². The van der Waals surface area contributed by atoms with Gasteiger partial charge >= 0.3 is 0 Å². The number of fused-ring (bicyclic) bond motifs is 1. The van der Waals surface area contributed by atoms with Gasteiger partial charge in [-0.05, 0) is 24.6 Å². The van der Waals surface area contributed by atoms with E-state index >= 15 is 0 Å². The second-order valence-corrected chi connectivity index (χ2v) is 6.65. The zero-order chi connectivity index (χ0) is 13.4. The first-order valence-electron chi connectivity index (χ1n) is 6.36. The number of piperidine rings is 1. The van der Waals surface area contributed by atoms with Gasteiger partial charge in [-0.2, -0.15) is 0 Å². The van der Waals surface area contributed by atoms with Crippen LogP contribution in [0.3, 0.4) is 0 Å². The van der Waals surface area contributed by atoms with Gasteiger partial charge in [0.1, 0.15) is 0 Å². The van der Waals surface area contributed by atoms with Crippen molar-refractivity contribution in [2.24, 2.45) is 5.92 Å². The van der Waals surface area contributed by atoms with Crippen LogP contribution in [0.2, 0.25) is 5.02 Å². The smallest absolute Gasteiger partial charge is 0.255 e. The first-order valence-corrected chi connectivity index (χ1v) is 7.61. The maximum absolute atomic E-state index is 11.8. The van der Waals surface area contributed by atoms with Crippen LogP contribution in [-0.2, 0) is 16.1 Å². The van der Waals surface area contributed by atoms with Crippen molar-refractivity contribution in [3.63, 3.8) is 0 Å². The minimum atomic E-state index is -0.255. The highest BCUT2D eigenvalue weighted by atomic mass is 35.5. The van der Waals surface area contributed by atoms with E-state index in [2.05, 4.69) is 4.90 Å². The molecule has 2 heterocycles. The van der Waals surface area contributed by atoms with Crippen molar-refractivity contribution in [2.75, 3.05) is 13.1 Å². The highest BCUT2D eigenvalue weighted by molar-refractivity contribution is 8.16. The molecular formula is C14H14ClNO2S. The second-order valence-electron chi connectivity index (χ2n) is 5.03. The van der Waals surface area contributed by atoms with Crippen LogP contribution in [0.5, 0.6) is 0 Å². The van der Waals surface area contributed by atoms with Gasteiger partial charge in [-0.1, -0.05) is 41.6 Å². The van der Waals surface area contributed by atoms with E-state index in [0.717, 1.165) is 30.1 Å². The van der Waals surface area contributed by atoms with Gasteiger partial charge in [-0.25, -0.2) is 0 Å². The first-order chi connectivity index (χ1) is 9.15. The molecule has 5 heteroatoms. The van der Waals surface area contributed by atoms with Crippen molar-refractivity contribution < 1.29 is 9.59 Å². The molecule has 2 unspecified atom stereocenters. The minimum Gasteiger partial charge on any atom is -0.298 e. The predicted octanol–water partition coefficient (Wildman–Crippen LogP) is 2.37. The third-order valence-electron chi connectivity index (χ3n) is 3.78. The van der Waals surface area contributed by atoms with Gasteiger partial charge in [-0.3, -0.25) is 14.5 Å². The summed E-state index contributed by atoms with van der Waals surface area (Å²) in [6, 6.07) is 7.76. The van der Waals surface area contributed by atoms with Crippen LogP contribution >= 0.6 is 23.4 Å². The number of benzene rings is 1. The van der Waals surface area contributed by atoms with E-state index in [4.69, 9.17) is 11.6 Å². The Bertz CT molecular complexity index is 534. The Hall–Kier alpha value is -0.840. The number of hydrogen-bond donors (Lipinski definition) is 0. The molecule has 100 valence electrons. The Morgan fingerprint density at radius 1 is 1.32 bits per heavy atom. The molecule has 1 aromatic carbocycles. The van der Waals surface area contributed by atoms with Crippen molar-refractivity contribution >= 4 is 34.3 Å². The molecule has 0 amide bonds. The maximum atomic E-state index is 11.8. The summed E-state index contributed by atoms with van der Waals surface area (Å²) >= 11 is 7.38. The van der Waals surface area contributed by atoms with Crippen molar-refractivity contribution in [1.29, 1.82) is 0 Å². The Labute approximate surface area is 121 Å². The molecule has 2 atom stereocenters. The lowest BCUT2D eigenvalue weighted by Crippen LogP contribution is -2.42. The molecule has 2 saturated heterocycles. The first kappa shape index (κ1) is 13.2. The van der Waals surface area contributed by atoms with Gasteiger partial charge in [0.15, 0.2) is 0 Å². The van der Waals surface area contributed by atoms with E-state index in [9.17, 15) is 9.59 Å². The summed E-state index contributed by atoms with van der Waals surface area (Å²) in [7, 11) is 0. The normalized spacial score (nSPS) is 27.6. The van der Waals surface area contributed by atoms with Crippen LogP contribution in [0, 0.1) is 5.92 Å². The topological polar surface area (TPSA) is 37.4 Å². The van der Waals surface area contributed by atoms with Crippen LogP contribution < -0.4 is 0 Å². The second kappa shape index (κ2) is 5.27. The molecule has 0 bridgehead atoms. The Kier molecular flexibility index (Phi) is 3.65. The molecule has 2 fully saturated rings. The number of carbonyl (C=O) groups excluding carboxylic acids is 2. The van der Waals surface area contributed by atoms with Crippen LogP contribution in [0.25, 0.3) is 0 Å².